The lowest BCUT2D eigenvalue weighted by Gasteiger charge is -2.22. The van der Waals surface area contributed by atoms with Crippen molar-refractivity contribution in [3.63, 3.8) is 0 Å². The number of nitrogens with one attached hydrogen (secondary N) is 2. The first-order valence-electron chi connectivity index (χ1n) is 8.81. The van der Waals surface area contributed by atoms with Crippen molar-refractivity contribution in [1.29, 1.82) is 0 Å². The van der Waals surface area contributed by atoms with Gasteiger partial charge in [0, 0.05) is 48.8 Å². The van der Waals surface area contributed by atoms with Gasteiger partial charge in [0.05, 0.1) is 6.10 Å². The van der Waals surface area contributed by atoms with Gasteiger partial charge in [-0.1, -0.05) is 22.4 Å². The molecule has 3 unspecified atom stereocenters. The number of aliphatic imine (C=N–C) groups is 1. The predicted molar refractivity (Wildman–Crippen MR) is 103 cm³/mol. The van der Waals surface area contributed by atoms with Crippen LogP contribution in [0, 0.1) is 5.92 Å². The normalized spacial score (nSPS) is 27.5. The molecule has 132 valence electrons. The minimum Gasteiger partial charge on any atom is -0.393 e. The summed E-state index contributed by atoms with van der Waals surface area (Å²) in [7, 11) is 1.81. The van der Waals surface area contributed by atoms with Gasteiger partial charge in [0.15, 0.2) is 5.96 Å². The number of benzene rings is 1. The molecule has 3 N–H and O–H groups in total. The van der Waals surface area contributed by atoms with Crippen molar-refractivity contribution in [1.82, 2.24) is 10.6 Å². The van der Waals surface area contributed by atoms with Gasteiger partial charge < -0.3 is 20.6 Å². The SMILES string of the molecule is CN=C(NCC1CCCC1O)NC1CCN(c2ccc(Br)cc2)C1. The van der Waals surface area contributed by atoms with E-state index in [1.54, 1.807) is 0 Å². The highest BCUT2D eigenvalue weighted by molar-refractivity contribution is 9.10. The van der Waals surface area contributed by atoms with Gasteiger partial charge in [-0.15, -0.1) is 0 Å². The largest absolute Gasteiger partial charge is 0.393 e. The van der Waals surface area contributed by atoms with Gasteiger partial charge in [0.2, 0.25) is 0 Å². The van der Waals surface area contributed by atoms with Crippen LogP contribution in [0.4, 0.5) is 5.69 Å². The van der Waals surface area contributed by atoms with Gasteiger partial charge in [-0.05, 0) is 43.5 Å². The summed E-state index contributed by atoms with van der Waals surface area (Å²) in [5.74, 6) is 1.20. The Balaban J connectivity index is 1.47. The highest BCUT2D eigenvalue weighted by atomic mass is 79.9. The molecule has 2 aliphatic rings. The number of guanidine groups is 1. The standard InChI is InChI=1S/C18H27BrN4O/c1-20-18(21-11-13-3-2-4-17(13)24)22-15-9-10-23(12-15)16-7-5-14(19)6-8-16/h5-8,13,15,17,24H,2-4,9-12H2,1H3,(H2,20,21,22). The van der Waals surface area contributed by atoms with E-state index >= 15 is 0 Å². The Labute approximate surface area is 152 Å². The molecule has 3 rings (SSSR count). The summed E-state index contributed by atoms with van der Waals surface area (Å²) in [6, 6.07) is 8.88. The number of hydrogen-bond acceptors (Lipinski definition) is 3. The third kappa shape index (κ3) is 4.42. The fraction of sp³-hybridized carbons (Fsp3) is 0.611. The first kappa shape index (κ1) is 17.5. The predicted octanol–water partition coefficient (Wildman–Crippen LogP) is 2.35. The molecular formula is C18H27BrN4O. The van der Waals surface area contributed by atoms with Crippen LogP contribution in [0.25, 0.3) is 0 Å². The lowest BCUT2D eigenvalue weighted by molar-refractivity contribution is 0.134. The van der Waals surface area contributed by atoms with Crippen LogP contribution in [0.3, 0.4) is 0 Å². The first-order valence-corrected chi connectivity index (χ1v) is 9.61. The van der Waals surface area contributed by atoms with Gasteiger partial charge in [-0.25, -0.2) is 0 Å². The van der Waals surface area contributed by atoms with Gasteiger partial charge in [0.25, 0.3) is 0 Å². The molecule has 0 radical (unpaired) electrons. The van der Waals surface area contributed by atoms with Crippen molar-refractivity contribution >= 4 is 27.6 Å². The summed E-state index contributed by atoms with van der Waals surface area (Å²) in [6.45, 7) is 2.83. The zero-order valence-corrected chi connectivity index (χ0v) is 15.8. The maximum Gasteiger partial charge on any atom is 0.191 e. The molecule has 6 heteroatoms. The van der Waals surface area contributed by atoms with Gasteiger partial charge in [-0.3, -0.25) is 4.99 Å². The smallest absolute Gasteiger partial charge is 0.191 e. The molecule has 1 aromatic carbocycles. The molecule has 0 aromatic heterocycles. The molecule has 0 spiro atoms. The van der Waals surface area contributed by atoms with E-state index in [1.165, 1.54) is 5.69 Å². The Morgan fingerprint density at radius 3 is 2.75 bits per heavy atom. The number of rotatable bonds is 4. The number of anilines is 1. The van der Waals surface area contributed by atoms with Crippen LogP contribution in [0.2, 0.25) is 0 Å². The van der Waals surface area contributed by atoms with Crippen molar-refractivity contribution in [2.45, 2.75) is 37.8 Å². The zero-order chi connectivity index (χ0) is 16.9. The molecule has 1 heterocycles. The zero-order valence-electron chi connectivity index (χ0n) is 14.2. The molecule has 1 aromatic rings. The molecule has 1 aliphatic carbocycles. The Bertz CT molecular complexity index is 563. The molecule has 0 bridgehead atoms. The Kier molecular flexibility index (Phi) is 6.00. The van der Waals surface area contributed by atoms with Crippen LogP contribution in [-0.4, -0.2) is 49.9 Å². The van der Waals surface area contributed by atoms with Gasteiger partial charge >= 0.3 is 0 Å². The van der Waals surface area contributed by atoms with Crippen molar-refractivity contribution < 1.29 is 5.11 Å². The average Bonchev–Trinajstić information content (AvgIpc) is 3.21. The van der Waals surface area contributed by atoms with Crippen molar-refractivity contribution in [2.75, 3.05) is 31.6 Å². The van der Waals surface area contributed by atoms with Gasteiger partial charge in [-0.2, -0.15) is 0 Å². The van der Waals surface area contributed by atoms with Crippen LogP contribution in [0.1, 0.15) is 25.7 Å². The van der Waals surface area contributed by atoms with E-state index in [4.69, 9.17) is 0 Å². The van der Waals surface area contributed by atoms with Crippen molar-refractivity contribution in [3.8, 4) is 0 Å². The molecule has 1 saturated carbocycles. The van der Waals surface area contributed by atoms with Crippen LogP contribution >= 0.6 is 15.9 Å². The lowest BCUT2D eigenvalue weighted by atomic mass is 10.1. The van der Waals surface area contributed by atoms with E-state index in [0.29, 0.717) is 12.0 Å². The summed E-state index contributed by atoms with van der Waals surface area (Å²) < 4.78 is 1.11. The van der Waals surface area contributed by atoms with E-state index in [9.17, 15) is 5.11 Å². The van der Waals surface area contributed by atoms with Crippen LogP contribution < -0.4 is 15.5 Å². The summed E-state index contributed by atoms with van der Waals surface area (Å²) >= 11 is 3.48. The molecular weight excluding hydrogens is 368 g/mol. The number of aliphatic hydroxyl groups is 1. The van der Waals surface area contributed by atoms with E-state index in [0.717, 1.165) is 55.7 Å². The van der Waals surface area contributed by atoms with E-state index in [1.807, 2.05) is 7.05 Å². The molecule has 3 atom stereocenters. The minimum atomic E-state index is -0.157. The first-order chi connectivity index (χ1) is 11.7. The molecule has 2 fully saturated rings. The third-order valence-corrected chi connectivity index (χ3v) is 5.62. The quantitative estimate of drug-likeness (QED) is 0.541. The molecule has 1 aliphatic heterocycles. The van der Waals surface area contributed by atoms with Crippen LogP contribution in [0.5, 0.6) is 0 Å². The third-order valence-electron chi connectivity index (χ3n) is 5.10. The number of aliphatic hydroxyl groups excluding tert-OH is 1. The van der Waals surface area contributed by atoms with Crippen molar-refractivity contribution in [3.05, 3.63) is 28.7 Å². The lowest BCUT2D eigenvalue weighted by Crippen LogP contribution is -2.46. The van der Waals surface area contributed by atoms with Gasteiger partial charge in [0.1, 0.15) is 0 Å². The number of hydrogen-bond donors (Lipinski definition) is 3. The summed E-state index contributed by atoms with van der Waals surface area (Å²) in [6.07, 6.45) is 4.11. The second kappa shape index (κ2) is 8.21. The fourth-order valence-corrected chi connectivity index (χ4v) is 3.90. The molecule has 5 nitrogen and oxygen atoms in total. The number of nitrogens with zero attached hydrogens (tertiary/aromatic N) is 2. The number of halogens is 1. The average molecular weight is 395 g/mol. The van der Waals surface area contributed by atoms with Crippen LogP contribution in [0.15, 0.2) is 33.7 Å². The fourth-order valence-electron chi connectivity index (χ4n) is 3.64. The van der Waals surface area contributed by atoms with Crippen LogP contribution in [-0.2, 0) is 0 Å². The Hall–Kier alpha value is -1.27. The maximum atomic E-state index is 9.93. The molecule has 0 amide bonds. The van der Waals surface area contributed by atoms with E-state index in [2.05, 4.69) is 60.7 Å². The monoisotopic (exact) mass is 394 g/mol. The Morgan fingerprint density at radius 1 is 1.29 bits per heavy atom. The maximum absolute atomic E-state index is 9.93. The second-order valence-electron chi connectivity index (χ2n) is 6.76. The topological polar surface area (TPSA) is 59.9 Å². The Morgan fingerprint density at radius 2 is 2.08 bits per heavy atom. The molecule has 24 heavy (non-hydrogen) atoms. The minimum absolute atomic E-state index is 0.157. The molecule has 1 saturated heterocycles. The van der Waals surface area contributed by atoms with Crippen molar-refractivity contribution in [2.24, 2.45) is 10.9 Å². The summed E-state index contributed by atoms with van der Waals surface area (Å²) in [4.78, 5) is 6.74. The summed E-state index contributed by atoms with van der Waals surface area (Å²) in [5.41, 5.74) is 1.26. The highest BCUT2D eigenvalue weighted by Gasteiger charge is 2.26. The second-order valence-corrected chi connectivity index (χ2v) is 7.68. The highest BCUT2D eigenvalue weighted by Crippen LogP contribution is 2.25. The van der Waals surface area contributed by atoms with E-state index in [-0.39, 0.29) is 6.10 Å². The van der Waals surface area contributed by atoms with E-state index < -0.39 is 0 Å². The summed E-state index contributed by atoms with van der Waals surface area (Å²) in [5, 5.41) is 16.8.